The van der Waals surface area contributed by atoms with Gasteiger partial charge in [-0.15, -0.1) is 0 Å². The lowest BCUT2D eigenvalue weighted by atomic mass is 10.1. The van der Waals surface area contributed by atoms with Gasteiger partial charge in [-0.25, -0.2) is 8.42 Å². The summed E-state index contributed by atoms with van der Waals surface area (Å²) in [5.41, 5.74) is 3.87. The van der Waals surface area contributed by atoms with Gasteiger partial charge < -0.3 is 10.1 Å². The van der Waals surface area contributed by atoms with Crippen LogP contribution in [0.1, 0.15) is 27.0 Å². The molecule has 0 heterocycles. The van der Waals surface area contributed by atoms with Crippen molar-refractivity contribution in [3.63, 3.8) is 0 Å². The highest BCUT2D eigenvalue weighted by atomic mass is 127. The van der Waals surface area contributed by atoms with Crippen molar-refractivity contribution < 1.29 is 17.9 Å². The van der Waals surface area contributed by atoms with Crippen molar-refractivity contribution in [2.45, 2.75) is 20.4 Å². The van der Waals surface area contributed by atoms with Gasteiger partial charge in [0.2, 0.25) is 10.0 Å². The Morgan fingerprint density at radius 1 is 1.00 bits per heavy atom. The van der Waals surface area contributed by atoms with E-state index in [0.717, 1.165) is 26.0 Å². The Bertz CT molecular complexity index is 1230. The van der Waals surface area contributed by atoms with Crippen LogP contribution in [0.4, 0.5) is 5.69 Å². The van der Waals surface area contributed by atoms with Crippen LogP contribution in [-0.2, 0) is 16.6 Å². The number of para-hydroxylation sites is 1. The smallest absolute Gasteiger partial charge is 0.251 e. The number of hydrogen-bond acceptors (Lipinski definition) is 4. The fourth-order valence-electron chi connectivity index (χ4n) is 3.35. The van der Waals surface area contributed by atoms with Gasteiger partial charge in [0.1, 0.15) is 12.4 Å². The van der Waals surface area contributed by atoms with Gasteiger partial charge in [0.15, 0.2) is 0 Å². The lowest BCUT2D eigenvalue weighted by Gasteiger charge is -2.24. The molecule has 1 N–H and O–H groups in total. The lowest BCUT2D eigenvalue weighted by Crippen LogP contribution is -2.30. The van der Waals surface area contributed by atoms with Gasteiger partial charge in [-0.05, 0) is 89.5 Å². The summed E-state index contributed by atoms with van der Waals surface area (Å²) in [7, 11) is -3.48. The van der Waals surface area contributed by atoms with E-state index in [1.165, 1.54) is 10.6 Å². The number of nitrogens with zero attached hydrogens (tertiary/aromatic N) is 1. The highest BCUT2D eigenvalue weighted by Crippen LogP contribution is 2.26. The maximum atomic E-state index is 12.5. The van der Waals surface area contributed by atoms with Crippen LogP contribution in [-0.4, -0.2) is 33.7 Å². The van der Waals surface area contributed by atoms with Gasteiger partial charge in [0.05, 0.1) is 25.0 Å². The van der Waals surface area contributed by atoms with E-state index < -0.39 is 10.0 Å². The quantitative estimate of drug-likeness (QED) is 0.296. The first kappa shape index (κ1) is 25.0. The third kappa shape index (κ3) is 6.94. The van der Waals surface area contributed by atoms with Crippen LogP contribution in [0, 0.1) is 17.4 Å². The molecule has 174 valence electrons. The molecule has 0 fully saturated rings. The maximum absolute atomic E-state index is 12.5. The molecule has 0 aromatic heterocycles. The summed E-state index contributed by atoms with van der Waals surface area (Å²) in [6, 6.07) is 20.3. The normalized spacial score (nSPS) is 11.2. The van der Waals surface area contributed by atoms with Crippen LogP contribution >= 0.6 is 22.6 Å². The molecule has 0 aliphatic heterocycles. The molecule has 0 saturated heterocycles. The van der Waals surface area contributed by atoms with Gasteiger partial charge in [-0.3, -0.25) is 9.10 Å². The summed E-state index contributed by atoms with van der Waals surface area (Å²) >= 11 is 2.20. The lowest BCUT2D eigenvalue weighted by molar-refractivity contribution is 0.0947. The predicted octanol–water partition coefficient (Wildman–Crippen LogP) is 4.68. The molecule has 0 spiro atoms. The number of ether oxygens (including phenoxy) is 1. The molecule has 0 bridgehead atoms. The molecule has 0 atom stereocenters. The molecular weight excluding hydrogens is 551 g/mol. The highest BCUT2D eigenvalue weighted by molar-refractivity contribution is 14.1. The largest absolute Gasteiger partial charge is 0.491 e. The number of benzene rings is 3. The zero-order valence-electron chi connectivity index (χ0n) is 18.8. The van der Waals surface area contributed by atoms with Gasteiger partial charge in [0, 0.05) is 9.13 Å². The van der Waals surface area contributed by atoms with Crippen molar-refractivity contribution in [3.8, 4) is 5.75 Å². The molecule has 1 amide bonds. The number of aryl methyl sites for hydroxylation is 2. The Labute approximate surface area is 209 Å². The van der Waals surface area contributed by atoms with Crippen LogP contribution in [0.15, 0.2) is 66.7 Å². The molecular formula is C25H27IN2O4S. The van der Waals surface area contributed by atoms with Crippen molar-refractivity contribution >= 4 is 44.2 Å². The Kier molecular flexibility index (Phi) is 8.36. The fraction of sp³-hybridized carbons (Fsp3) is 0.240. The number of carbonyl (C=O) groups excluding carboxylic acids is 1. The number of rotatable bonds is 9. The predicted molar refractivity (Wildman–Crippen MR) is 140 cm³/mol. The molecule has 3 rings (SSSR count). The summed E-state index contributed by atoms with van der Waals surface area (Å²) in [5, 5.41) is 2.84. The molecule has 3 aromatic rings. The number of nitrogens with one attached hydrogen (secondary N) is 1. The second-order valence-corrected chi connectivity index (χ2v) is 10.9. The van der Waals surface area contributed by atoms with Crippen LogP contribution in [0.5, 0.6) is 5.75 Å². The van der Waals surface area contributed by atoms with Crippen LogP contribution in [0.25, 0.3) is 0 Å². The van der Waals surface area contributed by atoms with Crippen LogP contribution in [0.2, 0.25) is 0 Å². The summed E-state index contributed by atoms with van der Waals surface area (Å²) < 4.78 is 33.1. The third-order valence-electron chi connectivity index (χ3n) is 5.11. The number of hydrogen-bond donors (Lipinski definition) is 1. The van der Waals surface area contributed by atoms with E-state index in [-0.39, 0.29) is 12.5 Å². The Morgan fingerprint density at radius 3 is 2.33 bits per heavy atom. The molecule has 8 heteroatoms. The van der Waals surface area contributed by atoms with E-state index in [1.807, 2.05) is 56.3 Å². The topological polar surface area (TPSA) is 75.7 Å². The van der Waals surface area contributed by atoms with Crippen molar-refractivity contribution in [2.75, 3.05) is 23.7 Å². The van der Waals surface area contributed by atoms with Crippen molar-refractivity contribution in [1.82, 2.24) is 5.32 Å². The highest BCUT2D eigenvalue weighted by Gasteiger charge is 2.20. The molecule has 0 aliphatic rings. The Morgan fingerprint density at radius 2 is 1.70 bits per heavy atom. The van der Waals surface area contributed by atoms with E-state index in [9.17, 15) is 13.2 Å². The SMILES string of the molecule is Cc1ccccc1OCCNC(=O)c1ccc(CN(c2ccc(I)cc2C)S(C)(=O)=O)cc1. The fourth-order valence-corrected chi connectivity index (χ4v) is 4.95. The first-order valence-electron chi connectivity index (χ1n) is 10.4. The second kappa shape index (κ2) is 11.0. The minimum Gasteiger partial charge on any atom is -0.491 e. The third-order valence-corrected chi connectivity index (χ3v) is 6.91. The molecule has 0 unspecified atom stereocenters. The van der Waals surface area contributed by atoms with Crippen molar-refractivity contribution in [2.24, 2.45) is 0 Å². The first-order chi connectivity index (χ1) is 15.6. The maximum Gasteiger partial charge on any atom is 0.251 e. The van der Waals surface area contributed by atoms with E-state index in [4.69, 9.17) is 4.74 Å². The molecule has 0 aliphatic carbocycles. The first-order valence-corrected chi connectivity index (χ1v) is 13.4. The van der Waals surface area contributed by atoms with E-state index >= 15 is 0 Å². The van der Waals surface area contributed by atoms with Gasteiger partial charge >= 0.3 is 0 Å². The average molecular weight is 578 g/mol. The van der Waals surface area contributed by atoms with Crippen LogP contribution < -0.4 is 14.4 Å². The number of amides is 1. The summed E-state index contributed by atoms with van der Waals surface area (Å²) in [4.78, 5) is 12.4. The molecule has 6 nitrogen and oxygen atoms in total. The summed E-state index contributed by atoms with van der Waals surface area (Å²) in [5.74, 6) is 0.596. The monoisotopic (exact) mass is 578 g/mol. The zero-order valence-corrected chi connectivity index (χ0v) is 21.8. The van der Waals surface area contributed by atoms with Crippen molar-refractivity contribution in [1.29, 1.82) is 0 Å². The number of halogens is 1. The van der Waals surface area contributed by atoms with Gasteiger partial charge in [-0.1, -0.05) is 30.3 Å². The molecule has 0 saturated carbocycles. The van der Waals surface area contributed by atoms with Gasteiger partial charge in [-0.2, -0.15) is 0 Å². The molecule has 0 radical (unpaired) electrons. The van der Waals surface area contributed by atoms with E-state index in [2.05, 4.69) is 27.9 Å². The standard InChI is InChI=1S/C25H27IN2O4S/c1-18-6-4-5-7-24(18)32-15-14-27-25(29)21-10-8-20(9-11-21)17-28(33(3,30)31)23-13-12-22(26)16-19(23)2/h4-13,16H,14-15,17H2,1-3H3,(H,27,29). The van der Waals surface area contributed by atoms with E-state index in [0.29, 0.717) is 24.4 Å². The minimum absolute atomic E-state index is 0.187. The second-order valence-electron chi connectivity index (χ2n) is 7.77. The number of carbonyl (C=O) groups is 1. The molecule has 3 aromatic carbocycles. The number of anilines is 1. The minimum atomic E-state index is -3.48. The van der Waals surface area contributed by atoms with Gasteiger partial charge in [0.25, 0.3) is 5.91 Å². The Hall–Kier alpha value is -2.59. The van der Waals surface area contributed by atoms with Crippen molar-refractivity contribution in [3.05, 3.63) is 92.6 Å². The Balaban J connectivity index is 1.61. The average Bonchev–Trinajstić information content (AvgIpc) is 2.76. The zero-order chi connectivity index (χ0) is 24.0. The molecule has 33 heavy (non-hydrogen) atoms. The number of sulfonamides is 1. The van der Waals surface area contributed by atoms with Crippen LogP contribution in [0.3, 0.4) is 0 Å². The van der Waals surface area contributed by atoms with E-state index in [1.54, 1.807) is 24.3 Å². The summed E-state index contributed by atoms with van der Waals surface area (Å²) in [6.45, 7) is 4.80. The summed E-state index contributed by atoms with van der Waals surface area (Å²) in [6.07, 6.45) is 1.20.